The van der Waals surface area contributed by atoms with Gasteiger partial charge in [-0.15, -0.1) is 0 Å². The molecule has 0 aromatic rings. The molecule has 0 radical (unpaired) electrons. The van der Waals surface area contributed by atoms with Crippen LogP contribution in [0.5, 0.6) is 0 Å². The largest absolute Gasteiger partial charge is 0.393 e. The third-order valence-corrected chi connectivity index (χ3v) is 3.46. The highest BCUT2D eigenvalue weighted by molar-refractivity contribution is 4.82. The zero-order chi connectivity index (χ0) is 9.90. The number of hydrogen-bond donors (Lipinski definition) is 2. The van der Waals surface area contributed by atoms with Gasteiger partial charge in [0, 0.05) is 5.41 Å². The zero-order valence-electron chi connectivity index (χ0n) is 8.92. The molecule has 1 saturated carbocycles. The smallest absolute Gasteiger partial charge is 0.0605 e. The molecule has 0 heterocycles. The average Bonchev–Trinajstić information content (AvgIpc) is 2.57. The van der Waals surface area contributed by atoms with E-state index >= 15 is 0 Å². The Kier molecular flexibility index (Phi) is 3.74. The van der Waals surface area contributed by atoms with E-state index in [9.17, 15) is 5.11 Å². The summed E-state index contributed by atoms with van der Waals surface area (Å²) in [5.74, 6) is 0.751. The normalized spacial score (nSPS) is 22.2. The molecule has 3 N–H and O–H groups in total. The van der Waals surface area contributed by atoms with Crippen LogP contribution in [0.2, 0.25) is 0 Å². The molecule has 2 nitrogen and oxygen atoms in total. The highest BCUT2D eigenvalue weighted by Crippen LogP contribution is 2.32. The minimum atomic E-state index is -0.222. The van der Waals surface area contributed by atoms with E-state index in [1.807, 2.05) is 13.8 Å². The van der Waals surface area contributed by atoms with Gasteiger partial charge in [-0.25, -0.2) is 0 Å². The van der Waals surface area contributed by atoms with Crippen LogP contribution in [-0.2, 0) is 0 Å². The lowest BCUT2D eigenvalue weighted by atomic mass is 9.81. The molecular weight excluding hydrogens is 162 g/mol. The lowest BCUT2D eigenvalue weighted by Crippen LogP contribution is -2.37. The maximum atomic E-state index is 9.96. The summed E-state index contributed by atoms with van der Waals surface area (Å²) in [5, 5.41) is 9.96. The predicted molar refractivity (Wildman–Crippen MR) is 55.4 cm³/mol. The standard InChI is InChI=1S/C11H23NO/c1-11(2,8-12)10(13)7-9-5-3-4-6-9/h9-10,13H,3-8,12H2,1-2H3. The third-order valence-electron chi connectivity index (χ3n) is 3.46. The van der Waals surface area contributed by atoms with E-state index in [0.717, 1.165) is 12.3 Å². The minimum Gasteiger partial charge on any atom is -0.393 e. The van der Waals surface area contributed by atoms with Crippen LogP contribution in [-0.4, -0.2) is 17.8 Å². The number of aliphatic hydroxyl groups excluding tert-OH is 1. The summed E-state index contributed by atoms with van der Waals surface area (Å²) in [7, 11) is 0. The lowest BCUT2D eigenvalue weighted by Gasteiger charge is -2.30. The van der Waals surface area contributed by atoms with Crippen molar-refractivity contribution in [3.63, 3.8) is 0 Å². The van der Waals surface area contributed by atoms with Crippen LogP contribution in [0.1, 0.15) is 46.0 Å². The monoisotopic (exact) mass is 185 g/mol. The van der Waals surface area contributed by atoms with Gasteiger partial charge in [-0.05, 0) is 18.9 Å². The molecule has 0 aliphatic heterocycles. The summed E-state index contributed by atoms with van der Waals surface area (Å²) < 4.78 is 0. The van der Waals surface area contributed by atoms with E-state index in [-0.39, 0.29) is 11.5 Å². The van der Waals surface area contributed by atoms with Crippen molar-refractivity contribution < 1.29 is 5.11 Å². The van der Waals surface area contributed by atoms with E-state index in [2.05, 4.69) is 0 Å². The molecule has 0 aromatic heterocycles. The van der Waals surface area contributed by atoms with Gasteiger partial charge in [0.05, 0.1) is 6.10 Å². The van der Waals surface area contributed by atoms with Gasteiger partial charge in [-0.3, -0.25) is 0 Å². The second kappa shape index (κ2) is 4.43. The van der Waals surface area contributed by atoms with E-state index in [0.29, 0.717) is 6.54 Å². The fraction of sp³-hybridized carbons (Fsp3) is 1.00. The molecule has 0 aromatic carbocycles. The van der Waals surface area contributed by atoms with Gasteiger partial charge >= 0.3 is 0 Å². The van der Waals surface area contributed by atoms with Gasteiger partial charge in [0.15, 0.2) is 0 Å². The Morgan fingerprint density at radius 3 is 2.38 bits per heavy atom. The van der Waals surface area contributed by atoms with Crippen molar-refractivity contribution in [3.05, 3.63) is 0 Å². The van der Waals surface area contributed by atoms with Crippen LogP contribution in [0.15, 0.2) is 0 Å². The van der Waals surface area contributed by atoms with E-state index < -0.39 is 0 Å². The number of nitrogens with two attached hydrogens (primary N) is 1. The molecule has 1 aliphatic rings. The van der Waals surface area contributed by atoms with Gasteiger partial charge in [0.2, 0.25) is 0 Å². The van der Waals surface area contributed by atoms with Gasteiger partial charge in [-0.1, -0.05) is 39.5 Å². The summed E-state index contributed by atoms with van der Waals surface area (Å²) in [6, 6.07) is 0. The summed E-state index contributed by atoms with van der Waals surface area (Å²) >= 11 is 0. The van der Waals surface area contributed by atoms with Crippen LogP contribution in [0, 0.1) is 11.3 Å². The molecule has 1 atom stereocenters. The Balaban J connectivity index is 2.34. The molecule has 1 fully saturated rings. The molecule has 0 amide bonds. The Morgan fingerprint density at radius 1 is 1.38 bits per heavy atom. The zero-order valence-corrected chi connectivity index (χ0v) is 8.92. The SMILES string of the molecule is CC(C)(CN)C(O)CC1CCCC1. The lowest BCUT2D eigenvalue weighted by molar-refractivity contribution is 0.0356. The van der Waals surface area contributed by atoms with E-state index in [1.54, 1.807) is 0 Å². The first-order chi connectivity index (χ1) is 6.06. The number of rotatable bonds is 4. The van der Waals surface area contributed by atoms with Crippen molar-refractivity contribution in [2.75, 3.05) is 6.54 Å². The fourth-order valence-electron chi connectivity index (χ4n) is 2.02. The number of aliphatic hydroxyl groups is 1. The second-order valence-electron chi connectivity index (χ2n) is 5.09. The van der Waals surface area contributed by atoms with Crippen LogP contribution in [0.4, 0.5) is 0 Å². The van der Waals surface area contributed by atoms with Gasteiger partial charge < -0.3 is 10.8 Å². The molecule has 0 bridgehead atoms. The predicted octanol–water partition coefficient (Wildman–Crippen LogP) is 1.91. The highest BCUT2D eigenvalue weighted by Gasteiger charge is 2.29. The van der Waals surface area contributed by atoms with Gasteiger partial charge in [-0.2, -0.15) is 0 Å². The van der Waals surface area contributed by atoms with Crippen molar-refractivity contribution in [2.24, 2.45) is 17.1 Å². The average molecular weight is 185 g/mol. The molecule has 1 rings (SSSR count). The Labute approximate surface area is 81.5 Å². The number of hydrogen-bond acceptors (Lipinski definition) is 2. The van der Waals surface area contributed by atoms with Crippen molar-refractivity contribution in [2.45, 2.75) is 52.1 Å². The second-order valence-corrected chi connectivity index (χ2v) is 5.09. The molecular formula is C11H23NO. The van der Waals surface area contributed by atoms with Crippen molar-refractivity contribution in [1.82, 2.24) is 0 Å². The molecule has 0 saturated heterocycles. The summed E-state index contributed by atoms with van der Waals surface area (Å²) in [6.45, 7) is 4.67. The Bertz CT molecular complexity index is 150. The fourth-order valence-corrected chi connectivity index (χ4v) is 2.02. The van der Waals surface area contributed by atoms with Crippen LogP contribution in [0.3, 0.4) is 0 Å². The molecule has 13 heavy (non-hydrogen) atoms. The van der Waals surface area contributed by atoms with Crippen LogP contribution >= 0.6 is 0 Å². The third kappa shape index (κ3) is 2.96. The van der Waals surface area contributed by atoms with E-state index in [4.69, 9.17) is 5.73 Å². The van der Waals surface area contributed by atoms with Gasteiger partial charge in [0.25, 0.3) is 0 Å². The van der Waals surface area contributed by atoms with Crippen LogP contribution < -0.4 is 5.73 Å². The molecule has 1 unspecified atom stereocenters. The molecule has 2 heteroatoms. The summed E-state index contributed by atoms with van der Waals surface area (Å²) in [4.78, 5) is 0. The maximum absolute atomic E-state index is 9.96. The van der Waals surface area contributed by atoms with Crippen LogP contribution in [0.25, 0.3) is 0 Å². The van der Waals surface area contributed by atoms with Gasteiger partial charge in [0.1, 0.15) is 0 Å². The topological polar surface area (TPSA) is 46.2 Å². The Morgan fingerprint density at radius 2 is 1.92 bits per heavy atom. The summed E-state index contributed by atoms with van der Waals surface area (Å²) in [5.41, 5.74) is 5.51. The molecule has 78 valence electrons. The van der Waals surface area contributed by atoms with Crippen molar-refractivity contribution in [1.29, 1.82) is 0 Å². The first-order valence-corrected chi connectivity index (χ1v) is 5.44. The van der Waals surface area contributed by atoms with E-state index in [1.165, 1.54) is 25.7 Å². The summed E-state index contributed by atoms with van der Waals surface area (Å²) in [6.07, 6.45) is 6.03. The molecule has 1 aliphatic carbocycles. The minimum absolute atomic E-state index is 0.109. The van der Waals surface area contributed by atoms with Crippen molar-refractivity contribution in [3.8, 4) is 0 Å². The van der Waals surface area contributed by atoms with Crippen molar-refractivity contribution >= 4 is 0 Å². The first kappa shape index (κ1) is 11.0. The first-order valence-electron chi connectivity index (χ1n) is 5.44. The Hall–Kier alpha value is -0.0800. The quantitative estimate of drug-likeness (QED) is 0.703. The maximum Gasteiger partial charge on any atom is 0.0605 e. The highest BCUT2D eigenvalue weighted by atomic mass is 16.3. The molecule has 0 spiro atoms.